The number of aryl methyl sites for hydroxylation is 1. The van der Waals surface area contributed by atoms with Gasteiger partial charge in [0.25, 0.3) is 5.56 Å². The van der Waals surface area contributed by atoms with Gasteiger partial charge in [0.15, 0.2) is 12.0 Å². The number of aromatic nitrogens is 3. The number of H-pyrrole nitrogens is 1. The molecule has 0 radical (unpaired) electrons. The van der Waals surface area contributed by atoms with E-state index in [1.807, 2.05) is 25.2 Å². The van der Waals surface area contributed by atoms with Crippen molar-refractivity contribution in [3.63, 3.8) is 0 Å². The molecule has 3 rings (SSSR count). The fourth-order valence-corrected chi connectivity index (χ4v) is 2.19. The molecule has 0 aliphatic heterocycles. The van der Waals surface area contributed by atoms with Crippen LogP contribution in [0.25, 0.3) is 22.4 Å². The van der Waals surface area contributed by atoms with E-state index in [-0.39, 0.29) is 5.56 Å². The summed E-state index contributed by atoms with van der Waals surface area (Å²) in [6.45, 7) is 0.514. The van der Waals surface area contributed by atoms with E-state index < -0.39 is 0 Å². The summed E-state index contributed by atoms with van der Waals surface area (Å²) >= 11 is 0. The first-order chi connectivity index (χ1) is 9.20. The van der Waals surface area contributed by atoms with Gasteiger partial charge in [-0.05, 0) is 19.2 Å². The highest BCUT2D eigenvalue weighted by Crippen LogP contribution is 2.24. The third-order valence-electron chi connectivity index (χ3n) is 3.12. The molecule has 0 aliphatic carbocycles. The highest BCUT2D eigenvalue weighted by Gasteiger charge is 2.14. The molecule has 2 aromatic heterocycles. The van der Waals surface area contributed by atoms with E-state index >= 15 is 0 Å². The Labute approximate surface area is 109 Å². The van der Waals surface area contributed by atoms with Gasteiger partial charge in [-0.2, -0.15) is 0 Å². The van der Waals surface area contributed by atoms with Crippen molar-refractivity contribution in [2.75, 3.05) is 7.05 Å². The zero-order valence-electron chi connectivity index (χ0n) is 10.7. The molecule has 0 fully saturated rings. The molecule has 2 heterocycles. The first kappa shape index (κ1) is 11.7. The SMILES string of the molecule is CNCc1c(-c2ccc3ncoc3c2)[nH]n(C)c1=O. The molecule has 98 valence electrons. The molecule has 6 nitrogen and oxygen atoms in total. The van der Waals surface area contributed by atoms with Gasteiger partial charge in [0.05, 0.1) is 11.3 Å². The second-order valence-corrected chi connectivity index (χ2v) is 4.39. The Hall–Kier alpha value is -2.34. The molecular formula is C13H14N4O2. The van der Waals surface area contributed by atoms with Crippen LogP contribution in [-0.4, -0.2) is 21.8 Å². The van der Waals surface area contributed by atoms with Crippen LogP contribution in [-0.2, 0) is 13.6 Å². The van der Waals surface area contributed by atoms with Gasteiger partial charge in [-0.25, -0.2) is 4.98 Å². The Morgan fingerprint density at radius 3 is 3.11 bits per heavy atom. The Bertz CT molecular complexity index is 781. The Balaban J connectivity index is 2.19. The number of nitrogens with zero attached hydrogens (tertiary/aromatic N) is 2. The van der Waals surface area contributed by atoms with Crippen LogP contribution in [0.4, 0.5) is 0 Å². The lowest BCUT2D eigenvalue weighted by Gasteiger charge is -2.01. The fraction of sp³-hybridized carbons (Fsp3) is 0.231. The van der Waals surface area contributed by atoms with Crippen molar-refractivity contribution >= 4 is 11.1 Å². The average Bonchev–Trinajstić information content (AvgIpc) is 2.98. The molecular weight excluding hydrogens is 244 g/mol. The van der Waals surface area contributed by atoms with Crippen molar-refractivity contribution in [2.45, 2.75) is 6.54 Å². The molecule has 2 N–H and O–H groups in total. The summed E-state index contributed by atoms with van der Waals surface area (Å²) in [6, 6.07) is 5.69. The summed E-state index contributed by atoms with van der Waals surface area (Å²) in [7, 11) is 3.52. The normalized spacial score (nSPS) is 11.3. The molecule has 0 unspecified atom stereocenters. The van der Waals surface area contributed by atoms with Crippen LogP contribution in [0.1, 0.15) is 5.56 Å². The minimum Gasteiger partial charge on any atom is -0.443 e. The molecule has 1 aromatic carbocycles. The zero-order chi connectivity index (χ0) is 13.4. The highest BCUT2D eigenvalue weighted by atomic mass is 16.3. The molecule has 0 aliphatic rings. The van der Waals surface area contributed by atoms with E-state index in [9.17, 15) is 4.79 Å². The number of hydrogen-bond donors (Lipinski definition) is 2. The number of fused-ring (bicyclic) bond motifs is 1. The van der Waals surface area contributed by atoms with Crippen LogP contribution < -0.4 is 10.9 Å². The maximum Gasteiger partial charge on any atom is 0.271 e. The van der Waals surface area contributed by atoms with Crippen LogP contribution in [0, 0.1) is 0 Å². The predicted molar refractivity (Wildman–Crippen MR) is 71.8 cm³/mol. The summed E-state index contributed by atoms with van der Waals surface area (Å²) in [4.78, 5) is 16.1. The van der Waals surface area contributed by atoms with Crippen molar-refractivity contribution in [1.82, 2.24) is 20.1 Å². The van der Waals surface area contributed by atoms with Crippen molar-refractivity contribution in [1.29, 1.82) is 0 Å². The fourth-order valence-electron chi connectivity index (χ4n) is 2.19. The van der Waals surface area contributed by atoms with E-state index in [4.69, 9.17) is 4.42 Å². The summed E-state index contributed by atoms with van der Waals surface area (Å²) in [5, 5.41) is 6.08. The standard InChI is InChI=1S/C13H14N4O2/c1-14-6-9-12(16-17(2)13(9)18)8-3-4-10-11(5-8)19-7-15-10/h3-5,7,14,16H,6H2,1-2H3. The van der Waals surface area contributed by atoms with Crippen LogP contribution in [0.3, 0.4) is 0 Å². The number of rotatable bonds is 3. The van der Waals surface area contributed by atoms with Crippen molar-refractivity contribution < 1.29 is 4.42 Å². The summed E-state index contributed by atoms with van der Waals surface area (Å²) in [5.74, 6) is 0. The molecule has 6 heteroatoms. The van der Waals surface area contributed by atoms with Gasteiger partial charge in [-0.3, -0.25) is 14.6 Å². The van der Waals surface area contributed by atoms with Crippen molar-refractivity contribution in [3.8, 4) is 11.3 Å². The molecule has 0 atom stereocenters. The molecule has 0 amide bonds. The third kappa shape index (κ3) is 1.86. The predicted octanol–water partition coefficient (Wildman–Crippen LogP) is 1.24. The number of oxazole rings is 1. The monoisotopic (exact) mass is 258 g/mol. The van der Waals surface area contributed by atoms with Gasteiger partial charge in [0, 0.05) is 19.2 Å². The second-order valence-electron chi connectivity index (χ2n) is 4.39. The van der Waals surface area contributed by atoms with Crippen molar-refractivity contribution in [2.24, 2.45) is 7.05 Å². The summed E-state index contributed by atoms with van der Waals surface area (Å²) in [6.07, 6.45) is 1.41. The number of benzene rings is 1. The smallest absolute Gasteiger partial charge is 0.271 e. The van der Waals surface area contributed by atoms with Crippen LogP contribution in [0.15, 0.2) is 33.8 Å². The van der Waals surface area contributed by atoms with Gasteiger partial charge in [0.1, 0.15) is 5.52 Å². The Morgan fingerprint density at radius 1 is 1.47 bits per heavy atom. The molecule has 3 aromatic rings. The molecule has 0 saturated heterocycles. The summed E-state index contributed by atoms with van der Waals surface area (Å²) in [5.41, 5.74) is 3.91. The van der Waals surface area contributed by atoms with Crippen molar-refractivity contribution in [3.05, 3.63) is 40.5 Å². The molecule has 19 heavy (non-hydrogen) atoms. The van der Waals surface area contributed by atoms with Gasteiger partial charge >= 0.3 is 0 Å². The first-order valence-electron chi connectivity index (χ1n) is 5.97. The van der Waals surface area contributed by atoms with E-state index in [2.05, 4.69) is 15.4 Å². The topological polar surface area (TPSA) is 75.8 Å². The minimum atomic E-state index is -0.0259. The van der Waals surface area contributed by atoms with Crippen LogP contribution in [0.2, 0.25) is 0 Å². The van der Waals surface area contributed by atoms with E-state index in [1.54, 1.807) is 7.05 Å². The number of hydrogen-bond acceptors (Lipinski definition) is 4. The van der Waals surface area contributed by atoms with Crippen LogP contribution >= 0.6 is 0 Å². The lowest BCUT2D eigenvalue weighted by molar-refractivity contribution is 0.602. The third-order valence-corrected chi connectivity index (χ3v) is 3.12. The van der Waals surface area contributed by atoms with Gasteiger partial charge in [0.2, 0.25) is 0 Å². The Morgan fingerprint density at radius 2 is 2.32 bits per heavy atom. The lowest BCUT2D eigenvalue weighted by atomic mass is 10.1. The van der Waals surface area contributed by atoms with Gasteiger partial charge in [-0.1, -0.05) is 6.07 Å². The molecule has 0 bridgehead atoms. The van der Waals surface area contributed by atoms with E-state index in [0.29, 0.717) is 17.7 Å². The second kappa shape index (κ2) is 4.40. The molecule has 0 spiro atoms. The lowest BCUT2D eigenvalue weighted by Crippen LogP contribution is -2.19. The minimum absolute atomic E-state index is 0.0259. The highest BCUT2D eigenvalue weighted by molar-refractivity contribution is 5.79. The van der Waals surface area contributed by atoms with E-state index in [1.165, 1.54) is 11.1 Å². The number of nitrogens with one attached hydrogen (secondary N) is 2. The maximum atomic E-state index is 12.0. The Kier molecular flexibility index (Phi) is 2.72. The largest absolute Gasteiger partial charge is 0.443 e. The summed E-state index contributed by atoms with van der Waals surface area (Å²) < 4.78 is 6.77. The van der Waals surface area contributed by atoms with Gasteiger partial charge < -0.3 is 9.73 Å². The van der Waals surface area contributed by atoms with Gasteiger partial charge in [-0.15, -0.1) is 0 Å². The quantitative estimate of drug-likeness (QED) is 0.741. The zero-order valence-corrected chi connectivity index (χ0v) is 10.7. The van der Waals surface area contributed by atoms with Crippen LogP contribution in [0.5, 0.6) is 0 Å². The first-order valence-corrected chi connectivity index (χ1v) is 5.97. The molecule has 0 saturated carbocycles. The average molecular weight is 258 g/mol. The van der Waals surface area contributed by atoms with E-state index in [0.717, 1.165) is 16.8 Å². The number of aromatic amines is 1. The maximum absolute atomic E-state index is 12.0.